The Balaban J connectivity index is 4.93. The van der Waals surface area contributed by atoms with E-state index >= 15 is 0 Å². The molecule has 0 bridgehead atoms. The van der Waals surface area contributed by atoms with Gasteiger partial charge in [-0.2, -0.15) is 39.5 Å². The minimum Gasteiger partial charge on any atom is -0.478 e. The number of aliphatic carboxylic acids is 1. The second-order valence-corrected chi connectivity index (χ2v) is 3.94. The molecule has 0 amide bonds. The topological polar surface area (TPSA) is 63.6 Å². The second-order valence-electron chi connectivity index (χ2n) is 3.94. The van der Waals surface area contributed by atoms with Crippen molar-refractivity contribution in [1.82, 2.24) is 0 Å². The Morgan fingerprint density at radius 2 is 1.35 bits per heavy atom. The molecule has 0 spiro atoms. The summed E-state index contributed by atoms with van der Waals surface area (Å²) in [6.45, 7) is -1.65. The molecule has 134 valence electrons. The van der Waals surface area contributed by atoms with E-state index < -0.39 is 48.9 Å². The van der Waals surface area contributed by atoms with E-state index in [1.54, 1.807) is 0 Å². The fraction of sp³-hybridized carbons (Fsp3) is 0.600. The largest absolute Gasteiger partial charge is 0.478 e. The van der Waals surface area contributed by atoms with Crippen molar-refractivity contribution < 1.29 is 58.9 Å². The van der Waals surface area contributed by atoms with Crippen molar-refractivity contribution in [2.45, 2.75) is 30.4 Å². The third kappa shape index (κ3) is 4.76. The molecule has 0 saturated carbocycles. The predicted molar refractivity (Wildman–Crippen MR) is 53.2 cm³/mol. The van der Waals surface area contributed by atoms with Gasteiger partial charge < -0.3 is 9.84 Å². The zero-order valence-corrected chi connectivity index (χ0v) is 10.6. The van der Waals surface area contributed by atoms with Gasteiger partial charge in [0.05, 0.1) is 13.0 Å². The highest BCUT2D eigenvalue weighted by Gasteiger charge is 2.81. The number of carbonyl (C=O) groups excluding carboxylic acids is 1. The van der Waals surface area contributed by atoms with Gasteiger partial charge in [0, 0.05) is 12.2 Å². The number of carbonyl (C=O) groups is 2. The highest BCUT2D eigenvalue weighted by molar-refractivity contribution is 5.90. The zero-order valence-electron chi connectivity index (χ0n) is 10.6. The fourth-order valence-corrected chi connectivity index (χ4v) is 1.03. The Labute approximate surface area is 121 Å². The SMILES string of the molecule is O=C(O)/C=C\C(=O)OCCC(F)(F)C(F)(F)C(F)(F)C(F)(F)F. The average molecular weight is 362 g/mol. The summed E-state index contributed by atoms with van der Waals surface area (Å²) in [5, 5.41) is 8.09. The number of carboxylic acid groups (broad SMARTS) is 1. The lowest BCUT2D eigenvalue weighted by Gasteiger charge is -2.33. The van der Waals surface area contributed by atoms with E-state index in [1.165, 1.54) is 0 Å². The van der Waals surface area contributed by atoms with Gasteiger partial charge in [-0.05, 0) is 0 Å². The van der Waals surface area contributed by atoms with E-state index in [0.717, 1.165) is 0 Å². The van der Waals surface area contributed by atoms with E-state index in [4.69, 9.17) is 5.11 Å². The first-order valence-corrected chi connectivity index (χ1v) is 5.34. The van der Waals surface area contributed by atoms with Crippen molar-refractivity contribution in [1.29, 1.82) is 0 Å². The molecule has 0 aliphatic rings. The first kappa shape index (κ1) is 21.0. The number of halogens is 9. The molecule has 0 aromatic heterocycles. The summed E-state index contributed by atoms with van der Waals surface area (Å²) < 4.78 is 116. The number of rotatable bonds is 7. The van der Waals surface area contributed by atoms with Crippen LogP contribution in [0.5, 0.6) is 0 Å². The summed E-state index contributed by atoms with van der Waals surface area (Å²) in [6.07, 6.45) is -8.91. The Morgan fingerprint density at radius 1 is 0.870 bits per heavy atom. The first-order chi connectivity index (χ1) is 10.1. The summed E-state index contributed by atoms with van der Waals surface area (Å²) in [5.41, 5.74) is 0. The molecule has 0 fully saturated rings. The van der Waals surface area contributed by atoms with Crippen molar-refractivity contribution in [3.05, 3.63) is 12.2 Å². The Kier molecular flexibility index (Phi) is 6.10. The second kappa shape index (κ2) is 6.66. The van der Waals surface area contributed by atoms with Crippen molar-refractivity contribution >= 4 is 11.9 Å². The molecule has 0 saturated heterocycles. The van der Waals surface area contributed by atoms with E-state index in [1.807, 2.05) is 0 Å². The van der Waals surface area contributed by atoms with E-state index in [2.05, 4.69) is 4.74 Å². The van der Waals surface area contributed by atoms with Gasteiger partial charge in [0.2, 0.25) is 0 Å². The van der Waals surface area contributed by atoms with Crippen molar-refractivity contribution in [3.8, 4) is 0 Å². The molecule has 1 N–H and O–H groups in total. The Bertz CT molecular complexity index is 481. The van der Waals surface area contributed by atoms with Crippen LogP contribution in [0.25, 0.3) is 0 Å². The van der Waals surface area contributed by atoms with Crippen LogP contribution in [0.15, 0.2) is 12.2 Å². The molecule has 4 nitrogen and oxygen atoms in total. The highest BCUT2D eigenvalue weighted by atomic mass is 19.4. The average Bonchev–Trinajstić information content (AvgIpc) is 2.34. The lowest BCUT2D eigenvalue weighted by Crippen LogP contribution is -2.61. The molecule has 0 unspecified atom stereocenters. The van der Waals surface area contributed by atoms with Crippen LogP contribution >= 0.6 is 0 Å². The smallest absolute Gasteiger partial charge is 0.460 e. The van der Waals surface area contributed by atoms with Crippen LogP contribution in [-0.4, -0.2) is 47.6 Å². The minimum atomic E-state index is -7.02. The van der Waals surface area contributed by atoms with Gasteiger partial charge in [-0.1, -0.05) is 0 Å². The molecule has 0 aromatic rings. The quantitative estimate of drug-likeness (QED) is 0.430. The number of carboxylic acids is 1. The minimum absolute atomic E-state index is 0.183. The van der Waals surface area contributed by atoms with Crippen LogP contribution in [0.3, 0.4) is 0 Å². The summed E-state index contributed by atoms with van der Waals surface area (Å²) in [7, 11) is 0. The lowest BCUT2D eigenvalue weighted by molar-refractivity contribution is -0.397. The number of hydrogen-bond acceptors (Lipinski definition) is 3. The monoisotopic (exact) mass is 362 g/mol. The third-order valence-corrected chi connectivity index (χ3v) is 2.23. The van der Waals surface area contributed by atoms with Gasteiger partial charge in [0.25, 0.3) is 0 Å². The normalized spacial score (nSPS) is 14.1. The molecular formula is C10H7F9O4. The van der Waals surface area contributed by atoms with Gasteiger partial charge in [-0.25, -0.2) is 9.59 Å². The van der Waals surface area contributed by atoms with Crippen LogP contribution in [-0.2, 0) is 14.3 Å². The molecule has 0 atom stereocenters. The van der Waals surface area contributed by atoms with Crippen molar-refractivity contribution in [2.75, 3.05) is 6.61 Å². The van der Waals surface area contributed by atoms with E-state index in [9.17, 15) is 49.1 Å². The highest BCUT2D eigenvalue weighted by Crippen LogP contribution is 2.53. The third-order valence-electron chi connectivity index (χ3n) is 2.23. The van der Waals surface area contributed by atoms with Gasteiger partial charge in [0.1, 0.15) is 0 Å². The summed E-state index contributed by atoms with van der Waals surface area (Å²) in [5.74, 6) is -22.9. The fourth-order valence-electron chi connectivity index (χ4n) is 1.03. The van der Waals surface area contributed by atoms with E-state index in [-0.39, 0.29) is 12.2 Å². The van der Waals surface area contributed by atoms with Crippen LogP contribution in [0.1, 0.15) is 6.42 Å². The number of hydrogen-bond donors (Lipinski definition) is 1. The lowest BCUT2D eigenvalue weighted by atomic mass is 10.0. The molecule has 0 radical (unpaired) electrons. The van der Waals surface area contributed by atoms with Crippen molar-refractivity contribution in [3.63, 3.8) is 0 Å². The first-order valence-electron chi connectivity index (χ1n) is 5.34. The molecule has 0 heterocycles. The molecule has 0 rings (SSSR count). The molecule has 0 aromatic carbocycles. The van der Waals surface area contributed by atoms with E-state index in [0.29, 0.717) is 0 Å². The maximum Gasteiger partial charge on any atom is 0.460 e. The number of alkyl halides is 9. The molecule has 13 heteroatoms. The molecule has 23 heavy (non-hydrogen) atoms. The molecule has 0 aliphatic heterocycles. The van der Waals surface area contributed by atoms with Crippen LogP contribution in [0.2, 0.25) is 0 Å². The van der Waals surface area contributed by atoms with Gasteiger partial charge in [-0.15, -0.1) is 0 Å². The Hall–Kier alpha value is -1.95. The van der Waals surface area contributed by atoms with Crippen molar-refractivity contribution in [2.24, 2.45) is 0 Å². The standard InChI is InChI=1S/C10H7F9O4/c11-7(12,3-4-23-6(22)2-1-5(20)21)8(13,14)9(15,16)10(17,18)19/h1-2H,3-4H2,(H,20,21)/b2-1-. The maximum atomic E-state index is 13.0. The van der Waals surface area contributed by atoms with Crippen LogP contribution in [0, 0.1) is 0 Å². The van der Waals surface area contributed by atoms with Crippen LogP contribution in [0.4, 0.5) is 39.5 Å². The zero-order chi connectivity index (χ0) is 18.7. The maximum absolute atomic E-state index is 13.0. The Morgan fingerprint density at radius 3 is 1.74 bits per heavy atom. The molecular weight excluding hydrogens is 355 g/mol. The molecule has 0 aliphatic carbocycles. The summed E-state index contributed by atoms with van der Waals surface area (Å²) in [6, 6.07) is 0. The summed E-state index contributed by atoms with van der Waals surface area (Å²) in [4.78, 5) is 20.7. The van der Waals surface area contributed by atoms with Crippen LogP contribution < -0.4 is 0 Å². The van der Waals surface area contributed by atoms with Gasteiger partial charge >= 0.3 is 35.9 Å². The number of ether oxygens (including phenoxy) is 1. The predicted octanol–water partition coefficient (Wildman–Crippen LogP) is 3.03. The van der Waals surface area contributed by atoms with Gasteiger partial charge in [-0.3, -0.25) is 0 Å². The van der Waals surface area contributed by atoms with Gasteiger partial charge in [0.15, 0.2) is 0 Å². The number of esters is 1. The summed E-state index contributed by atoms with van der Waals surface area (Å²) >= 11 is 0.